The fraction of sp³-hybridized carbons (Fsp3) is 0.538. The van der Waals surface area contributed by atoms with Crippen LogP contribution in [0.1, 0.15) is 13.8 Å². The second-order valence-corrected chi connectivity index (χ2v) is 6.42. The van der Waals surface area contributed by atoms with Gasteiger partial charge in [-0.05, 0) is 25.1 Å². The van der Waals surface area contributed by atoms with Crippen LogP contribution < -0.4 is 11.1 Å². The molecule has 0 saturated carbocycles. The van der Waals surface area contributed by atoms with E-state index in [1.54, 1.807) is 0 Å². The Morgan fingerprint density at radius 3 is 2.70 bits per heavy atom. The van der Waals surface area contributed by atoms with E-state index < -0.39 is 0 Å². The van der Waals surface area contributed by atoms with E-state index >= 15 is 0 Å². The van der Waals surface area contributed by atoms with E-state index in [1.165, 1.54) is 12.3 Å². The van der Waals surface area contributed by atoms with E-state index in [2.05, 4.69) is 24.1 Å². The maximum absolute atomic E-state index is 11.9. The number of pyridine rings is 1. The lowest BCUT2D eigenvalue weighted by molar-refractivity contribution is -0.117. The normalized spacial score (nSPS) is 11.8. The van der Waals surface area contributed by atoms with Crippen LogP contribution in [0.3, 0.4) is 0 Å². The molecular formula is C13H20Cl2N4O. The molecule has 112 valence electrons. The van der Waals surface area contributed by atoms with Crippen molar-refractivity contribution in [2.24, 2.45) is 11.1 Å². The molecule has 0 radical (unpaired) electrons. The third-order valence-corrected chi connectivity index (χ3v) is 3.22. The van der Waals surface area contributed by atoms with E-state index in [0.29, 0.717) is 22.4 Å². The maximum Gasteiger partial charge on any atom is 0.239 e. The maximum atomic E-state index is 11.9. The zero-order valence-corrected chi connectivity index (χ0v) is 13.4. The predicted octanol–water partition coefficient (Wildman–Crippen LogP) is 2.24. The fourth-order valence-electron chi connectivity index (χ4n) is 1.77. The van der Waals surface area contributed by atoms with Gasteiger partial charge in [0, 0.05) is 12.7 Å². The van der Waals surface area contributed by atoms with Gasteiger partial charge in [-0.25, -0.2) is 4.98 Å². The lowest BCUT2D eigenvalue weighted by atomic mass is 9.93. The number of hydrogen-bond donors (Lipinski definition) is 2. The van der Waals surface area contributed by atoms with Gasteiger partial charge in [-0.2, -0.15) is 0 Å². The summed E-state index contributed by atoms with van der Waals surface area (Å²) in [5.41, 5.74) is 5.64. The quantitative estimate of drug-likeness (QED) is 0.843. The number of amides is 1. The summed E-state index contributed by atoms with van der Waals surface area (Å²) in [6.45, 7) is 5.63. The highest BCUT2D eigenvalue weighted by atomic mass is 35.5. The molecule has 3 N–H and O–H groups in total. The second kappa shape index (κ2) is 7.22. The number of likely N-dealkylation sites (N-methyl/N-ethyl adjacent to an activating group) is 1. The number of nitrogens with one attached hydrogen (secondary N) is 1. The van der Waals surface area contributed by atoms with Gasteiger partial charge in [0.1, 0.15) is 0 Å². The molecule has 7 heteroatoms. The summed E-state index contributed by atoms with van der Waals surface area (Å²) < 4.78 is 0. The van der Waals surface area contributed by atoms with Gasteiger partial charge in [-0.1, -0.05) is 37.0 Å². The molecule has 20 heavy (non-hydrogen) atoms. The van der Waals surface area contributed by atoms with E-state index in [1.807, 2.05) is 11.9 Å². The molecule has 1 heterocycles. The van der Waals surface area contributed by atoms with Gasteiger partial charge >= 0.3 is 0 Å². The Kier molecular flexibility index (Phi) is 6.20. The Balaban J connectivity index is 2.55. The standard InChI is InChI=1S/C13H20Cl2N4O/c1-13(2,7-16)8-19(3)6-11(20)18-12-10(15)4-9(14)5-17-12/h4-5H,6-8,16H2,1-3H3,(H,17,18,20). The predicted molar refractivity (Wildman–Crippen MR) is 83.2 cm³/mol. The molecule has 0 atom stereocenters. The number of aromatic nitrogens is 1. The number of anilines is 1. The topological polar surface area (TPSA) is 71.2 Å². The van der Waals surface area contributed by atoms with Crippen LogP contribution in [0.15, 0.2) is 12.3 Å². The van der Waals surface area contributed by atoms with Crippen molar-refractivity contribution in [2.75, 3.05) is 32.0 Å². The molecule has 5 nitrogen and oxygen atoms in total. The summed E-state index contributed by atoms with van der Waals surface area (Å²) in [6, 6.07) is 1.53. The van der Waals surface area contributed by atoms with Crippen molar-refractivity contribution in [1.29, 1.82) is 0 Å². The van der Waals surface area contributed by atoms with Crippen LogP contribution >= 0.6 is 23.2 Å². The van der Waals surface area contributed by atoms with Crippen molar-refractivity contribution in [3.8, 4) is 0 Å². The Morgan fingerprint density at radius 2 is 2.15 bits per heavy atom. The van der Waals surface area contributed by atoms with Crippen LogP contribution in [0.25, 0.3) is 0 Å². The molecule has 0 aromatic carbocycles. The third-order valence-electron chi connectivity index (χ3n) is 2.73. The number of rotatable bonds is 6. The van der Waals surface area contributed by atoms with E-state index in [4.69, 9.17) is 28.9 Å². The highest BCUT2D eigenvalue weighted by molar-refractivity contribution is 6.36. The van der Waals surface area contributed by atoms with Crippen molar-refractivity contribution in [2.45, 2.75) is 13.8 Å². The molecule has 0 spiro atoms. The van der Waals surface area contributed by atoms with Crippen LogP contribution in [0, 0.1) is 5.41 Å². The van der Waals surface area contributed by atoms with Gasteiger partial charge < -0.3 is 11.1 Å². The summed E-state index contributed by atoms with van der Waals surface area (Å²) >= 11 is 11.7. The molecule has 1 amide bonds. The van der Waals surface area contributed by atoms with Gasteiger partial charge in [0.2, 0.25) is 5.91 Å². The molecular weight excluding hydrogens is 299 g/mol. The zero-order chi connectivity index (χ0) is 15.3. The SMILES string of the molecule is CN(CC(=O)Nc1ncc(Cl)cc1Cl)CC(C)(C)CN. The molecule has 0 fully saturated rings. The van der Waals surface area contributed by atoms with Crippen molar-refractivity contribution in [3.05, 3.63) is 22.3 Å². The number of halogens is 2. The molecule has 0 aliphatic rings. The Morgan fingerprint density at radius 1 is 1.50 bits per heavy atom. The van der Waals surface area contributed by atoms with Crippen LogP contribution in [-0.2, 0) is 4.79 Å². The number of hydrogen-bond acceptors (Lipinski definition) is 4. The van der Waals surface area contributed by atoms with Crippen molar-refractivity contribution in [3.63, 3.8) is 0 Å². The monoisotopic (exact) mass is 318 g/mol. The number of nitrogens with zero attached hydrogens (tertiary/aromatic N) is 2. The minimum atomic E-state index is -0.183. The fourth-order valence-corrected chi connectivity index (χ4v) is 2.20. The average Bonchev–Trinajstić information content (AvgIpc) is 2.32. The molecule has 0 saturated heterocycles. The largest absolute Gasteiger partial charge is 0.330 e. The first-order chi connectivity index (χ1) is 9.23. The molecule has 0 unspecified atom stereocenters. The minimum Gasteiger partial charge on any atom is -0.330 e. The number of nitrogens with two attached hydrogens (primary N) is 1. The van der Waals surface area contributed by atoms with E-state index in [9.17, 15) is 4.79 Å². The first kappa shape index (κ1) is 17.2. The molecule has 0 bridgehead atoms. The third kappa shape index (κ3) is 5.63. The summed E-state index contributed by atoms with van der Waals surface area (Å²) in [4.78, 5) is 17.8. The van der Waals surface area contributed by atoms with Crippen LogP contribution in [0.5, 0.6) is 0 Å². The summed E-state index contributed by atoms with van der Waals surface area (Å²) in [5, 5.41) is 3.40. The van der Waals surface area contributed by atoms with Gasteiger partial charge in [-0.3, -0.25) is 9.69 Å². The van der Waals surface area contributed by atoms with Crippen molar-refractivity contribution < 1.29 is 4.79 Å². The Labute approximate surface area is 129 Å². The minimum absolute atomic E-state index is 0.0365. The summed E-state index contributed by atoms with van der Waals surface area (Å²) in [6.07, 6.45) is 1.43. The van der Waals surface area contributed by atoms with Crippen LogP contribution in [0.4, 0.5) is 5.82 Å². The molecule has 0 aliphatic heterocycles. The zero-order valence-electron chi connectivity index (χ0n) is 11.9. The average molecular weight is 319 g/mol. The highest BCUT2D eigenvalue weighted by Crippen LogP contribution is 2.22. The smallest absolute Gasteiger partial charge is 0.239 e. The van der Waals surface area contributed by atoms with E-state index in [-0.39, 0.29) is 17.9 Å². The lowest BCUT2D eigenvalue weighted by Gasteiger charge is -2.28. The Bertz CT molecular complexity index is 479. The number of carbonyl (C=O) groups is 1. The van der Waals surface area contributed by atoms with E-state index in [0.717, 1.165) is 6.54 Å². The van der Waals surface area contributed by atoms with Crippen molar-refractivity contribution >= 4 is 34.9 Å². The lowest BCUT2D eigenvalue weighted by Crippen LogP contribution is -2.40. The first-order valence-electron chi connectivity index (χ1n) is 6.23. The number of carbonyl (C=O) groups excluding carboxylic acids is 1. The molecule has 1 aromatic rings. The molecule has 1 aromatic heterocycles. The molecule has 0 aliphatic carbocycles. The molecule has 1 rings (SSSR count). The van der Waals surface area contributed by atoms with Crippen LogP contribution in [0.2, 0.25) is 10.0 Å². The summed E-state index contributed by atoms with van der Waals surface area (Å²) in [7, 11) is 1.87. The van der Waals surface area contributed by atoms with Crippen molar-refractivity contribution in [1.82, 2.24) is 9.88 Å². The summed E-state index contributed by atoms with van der Waals surface area (Å²) in [5.74, 6) is 0.129. The van der Waals surface area contributed by atoms with Crippen LogP contribution in [-0.4, -0.2) is 42.5 Å². The van der Waals surface area contributed by atoms with Gasteiger partial charge in [0.05, 0.1) is 16.6 Å². The van der Waals surface area contributed by atoms with Gasteiger partial charge in [-0.15, -0.1) is 0 Å². The van der Waals surface area contributed by atoms with Gasteiger partial charge in [0.15, 0.2) is 5.82 Å². The second-order valence-electron chi connectivity index (χ2n) is 5.57. The van der Waals surface area contributed by atoms with Gasteiger partial charge in [0.25, 0.3) is 0 Å². The highest BCUT2D eigenvalue weighted by Gasteiger charge is 2.19. The Hall–Kier alpha value is -0.880. The first-order valence-corrected chi connectivity index (χ1v) is 6.98.